The van der Waals surface area contributed by atoms with Crippen molar-refractivity contribution in [1.29, 1.82) is 0 Å². The molecule has 0 aliphatic carbocycles. The molecule has 82 valence electrons. The fraction of sp³-hybridized carbons (Fsp3) is 0. The quantitative estimate of drug-likeness (QED) is 0.649. The zero-order valence-electron chi connectivity index (χ0n) is 7.98. The Balaban J connectivity index is 2.60. The first-order valence-corrected chi connectivity index (χ1v) is 5.62. The van der Waals surface area contributed by atoms with E-state index in [9.17, 15) is 4.39 Å². The Labute approximate surface area is 108 Å². The van der Waals surface area contributed by atoms with E-state index in [1.54, 1.807) is 24.3 Å². The first-order chi connectivity index (χ1) is 7.58. The average Bonchev–Trinajstić information content (AvgIpc) is 2.19. The molecular weight excluding hydrogens is 269 g/mol. The van der Waals surface area contributed by atoms with Crippen LogP contribution in [0.15, 0.2) is 36.4 Å². The van der Waals surface area contributed by atoms with Crippen LogP contribution < -0.4 is 0 Å². The molecule has 0 amide bonds. The summed E-state index contributed by atoms with van der Waals surface area (Å²) in [5, 5.41) is 1.37. The Morgan fingerprint density at radius 2 is 1.31 bits per heavy atom. The molecule has 4 heteroatoms. The van der Waals surface area contributed by atoms with Crippen LogP contribution in [0.5, 0.6) is 0 Å². The first kappa shape index (κ1) is 11.7. The largest absolute Gasteiger partial charge is 0.207 e. The summed E-state index contributed by atoms with van der Waals surface area (Å²) in [4.78, 5) is 0. The summed E-state index contributed by atoms with van der Waals surface area (Å²) >= 11 is 17.9. The molecule has 0 N–H and O–H groups in total. The molecular formula is C12H6Cl3F. The van der Waals surface area contributed by atoms with E-state index in [-0.39, 0.29) is 5.82 Å². The second kappa shape index (κ2) is 4.62. The molecule has 0 aliphatic rings. The molecule has 0 atom stereocenters. The van der Waals surface area contributed by atoms with Crippen molar-refractivity contribution >= 4 is 34.8 Å². The van der Waals surface area contributed by atoms with Gasteiger partial charge in [0, 0.05) is 10.6 Å². The van der Waals surface area contributed by atoms with Crippen molar-refractivity contribution in [1.82, 2.24) is 0 Å². The van der Waals surface area contributed by atoms with Crippen molar-refractivity contribution in [2.24, 2.45) is 0 Å². The molecule has 0 heterocycles. The summed E-state index contributed by atoms with van der Waals surface area (Å²) < 4.78 is 12.8. The number of hydrogen-bond acceptors (Lipinski definition) is 0. The minimum absolute atomic E-state index is 0.301. The number of hydrogen-bond donors (Lipinski definition) is 0. The number of halogens is 4. The minimum Gasteiger partial charge on any atom is -0.207 e. The van der Waals surface area contributed by atoms with Gasteiger partial charge in [-0.2, -0.15) is 0 Å². The maximum absolute atomic E-state index is 12.8. The van der Waals surface area contributed by atoms with Gasteiger partial charge in [-0.05, 0) is 29.8 Å². The van der Waals surface area contributed by atoms with Gasteiger partial charge >= 0.3 is 0 Å². The van der Waals surface area contributed by atoms with Crippen molar-refractivity contribution in [2.45, 2.75) is 0 Å². The molecule has 0 spiro atoms. The molecule has 0 radical (unpaired) electrons. The molecule has 0 fully saturated rings. The molecule has 0 unspecified atom stereocenters. The molecule has 2 aromatic carbocycles. The Morgan fingerprint density at radius 3 is 1.81 bits per heavy atom. The zero-order valence-corrected chi connectivity index (χ0v) is 10.2. The van der Waals surface area contributed by atoms with Crippen LogP contribution in [0.3, 0.4) is 0 Å². The van der Waals surface area contributed by atoms with Gasteiger partial charge in [-0.15, -0.1) is 0 Å². The summed E-state index contributed by atoms with van der Waals surface area (Å²) in [6.45, 7) is 0. The highest BCUT2D eigenvalue weighted by atomic mass is 35.5. The summed E-state index contributed by atoms with van der Waals surface area (Å²) in [6, 6.07) is 9.17. The van der Waals surface area contributed by atoms with E-state index in [1.165, 1.54) is 12.1 Å². The minimum atomic E-state index is -0.301. The van der Waals surface area contributed by atoms with Crippen LogP contribution in [0, 0.1) is 5.82 Å². The monoisotopic (exact) mass is 274 g/mol. The van der Waals surface area contributed by atoms with E-state index >= 15 is 0 Å². The molecule has 0 nitrogen and oxygen atoms in total. The number of rotatable bonds is 1. The van der Waals surface area contributed by atoms with Crippen molar-refractivity contribution in [3.05, 3.63) is 57.3 Å². The Kier molecular flexibility index (Phi) is 3.38. The summed E-state index contributed by atoms with van der Waals surface area (Å²) in [5.41, 5.74) is 1.42. The second-order valence-electron chi connectivity index (χ2n) is 3.25. The lowest BCUT2D eigenvalue weighted by molar-refractivity contribution is 0.628. The van der Waals surface area contributed by atoms with Crippen LogP contribution in [-0.4, -0.2) is 0 Å². The fourth-order valence-corrected chi connectivity index (χ4v) is 2.47. The Hall–Kier alpha value is -0.760. The predicted octanol–water partition coefficient (Wildman–Crippen LogP) is 5.45. The van der Waals surface area contributed by atoms with Gasteiger partial charge in [0.05, 0.1) is 10.0 Å². The van der Waals surface area contributed by atoms with Gasteiger partial charge in [0.25, 0.3) is 0 Å². The SMILES string of the molecule is Fc1ccc(-c2c(Cl)cc(Cl)cc2Cl)cc1. The van der Waals surface area contributed by atoms with E-state index < -0.39 is 0 Å². The van der Waals surface area contributed by atoms with Gasteiger partial charge < -0.3 is 0 Å². The van der Waals surface area contributed by atoms with Crippen LogP contribution in [0.2, 0.25) is 15.1 Å². The van der Waals surface area contributed by atoms with Gasteiger partial charge in [0.1, 0.15) is 5.82 Å². The van der Waals surface area contributed by atoms with Crippen LogP contribution >= 0.6 is 34.8 Å². The summed E-state index contributed by atoms with van der Waals surface area (Å²) in [6.07, 6.45) is 0. The maximum Gasteiger partial charge on any atom is 0.123 e. The lowest BCUT2D eigenvalue weighted by atomic mass is 10.1. The molecule has 2 aromatic rings. The van der Waals surface area contributed by atoms with E-state index in [0.29, 0.717) is 20.6 Å². The molecule has 0 aromatic heterocycles. The summed E-state index contributed by atoms with van der Waals surface area (Å²) in [7, 11) is 0. The van der Waals surface area contributed by atoms with Crippen molar-refractivity contribution < 1.29 is 4.39 Å². The Morgan fingerprint density at radius 1 is 0.812 bits per heavy atom. The van der Waals surface area contributed by atoms with E-state index in [1.807, 2.05) is 0 Å². The molecule has 16 heavy (non-hydrogen) atoms. The zero-order chi connectivity index (χ0) is 11.7. The van der Waals surface area contributed by atoms with Gasteiger partial charge in [-0.25, -0.2) is 4.39 Å². The Bertz CT molecular complexity index is 497. The highest BCUT2D eigenvalue weighted by molar-refractivity contribution is 6.41. The van der Waals surface area contributed by atoms with E-state index in [0.717, 1.165) is 5.56 Å². The van der Waals surface area contributed by atoms with Crippen molar-refractivity contribution in [3.63, 3.8) is 0 Å². The van der Waals surface area contributed by atoms with E-state index in [2.05, 4.69) is 0 Å². The third-order valence-corrected chi connectivity index (χ3v) is 2.95. The highest BCUT2D eigenvalue weighted by Gasteiger charge is 2.09. The van der Waals surface area contributed by atoms with Gasteiger partial charge in [-0.1, -0.05) is 46.9 Å². The third kappa shape index (κ3) is 2.32. The molecule has 2 rings (SSSR count). The van der Waals surface area contributed by atoms with E-state index in [4.69, 9.17) is 34.8 Å². The van der Waals surface area contributed by atoms with Crippen molar-refractivity contribution in [2.75, 3.05) is 0 Å². The highest BCUT2D eigenvalue weighted by Crippen LogP contribution is 2.37. The van der Waals surface area contributed by atoms with Gasteiger partial charge in [0.15, 0.2) is 0 Å². The topological polar surface area (TPSA) is 0 Å². The van der Waals surface area contributed by atoms with Crippen LogP contribution in [0.25, 0.3) is 11.1 Å². The fourth-order valence-electron chi connectivity index (χ4n) is 1.43. The molecule has 0 aliphatic heterocycles. The molecule has 0 bridgehead atoms. The standard InChI is InChI=1S/C12H6Cl3F/c13-8-5-10(14)12(11(15)6-8)7-1-3-9(16)4-2-7/h1-6H. The lowest BCUT2D eigenvalue weighted by Gasteiger charge is -2.07. The van der Waals surface area contributed by atoms with Crippen LogP contribution in [0.1, 0.15) is 0 Å². The predicted molar refractivity (Wildman–Crippen MR) is 66.9 cm³/mol. The lowest BCUT2D eigenvalue weighted by Crippen LogP contribution is -1.83. The third-order valence-electron chi connectivity index (χ3n) is 2.14. The van der Waals surface area contributed by atoms with Gasteiger partial charge in [0.2, 0.25) is 0 Å². The van der Waals surface area contributed by atoms with Crippen molar-refractivity contribution in [3.8, 4) is 11.1 Å². The second-order valence-corrected chi connectivity index (χ2v) is 4.50. The van der Waals surface area contributed by atoms with Crippen LogP contribution in [0.4, 0.5) is 4.39 Å². The summed E-state index contributed by atoms with van der Waals surface area (Å²) in [5.74, 6) is -0.301. The smallest absolute Gasteiger partial charge is 0.123 e. The first-order valence-electron chi connectivity index (χ1n) is 4.48. The molecule has 0 saturated heterocycles. The average molecular weight is 276 g/mol. The maximum atomic E-state index is 12.8. The van der Waals surface area contributed by atoms with Gasteiger partial charge in [-0.3, -0.25) is 0 Å². The van der Waals surface area contributed by atoms with Crippen LogP contribution in [-0.2, 0) is 0 Å². The number of benzene rings is 2. The molecule has 0 saturated carbocycles. The normalized spacial score (nSPS) is 10.5.